The number of rotatable bonds is 5. The number of aromatic hydroxyl groups is 1. The summed E-state index contributed by atoms with van der Waals surface area (Å²) in [5.41, 5.74) is 0.622. The SMILES string of the molecule is CCn1c(SCC(=O)N2CCCC2)nnc1-c1cc(Br)ccc1O. The van der Waals surface area contributed by atoms with Gasteiger partial charge in [-0.3, -0.25) is 4.79 Å². The number of benzene rings is 1. The summed E-state index contributed by atoms with van der Waals surface area (Å²) in [6.45, 7) is 4.37. The zero-order chi connectivity index (χ0) is 17.1. The van der Waals surface area contributed by atoms with Crippen LogP contribution in [0.15, 0.2) is 27.8 Å². The topological polar surface area (TPSA) is 71.2 Å². The Morgan fingerprint density at radius 1 is 1.33 bits per heavy atom. The smallest absolute Gasteiger partial charge is 0.233 e. The van der Waals surface area contributed by atoms with Crippen LogP contribution >= 0.6 is 27.7 Å². The minimum Gasteiger partial charge on any atom is -0.507 e. The highest BCUT2D eigenvalue weighted by molar-refractivity contribution is 9.10. The van der Waals surface area contributed by atoms with Crippen LogP contribution in [0.4, 0.5) is 0 Å². The molecule has 1 aromatic carbocycles. The third-order valence-corrected chi connectivity index (χ3v) is 5.46. The number of likely N-dealkylation sites (tertiary alicyclic amines) is 1. The summed E-state index contributed by atoms with van der Waals surface area (Å²) in [5.74, 6) is 1.27. The molecule has 2 heterocycles. The van der Waals surface area contributed by atoms with Crippen molar-refractivity contribution < 1.29 is 9.90 Å². The Labute approximate surface area is 153 Å². The van der Waals surface area contributed by atoms with Crippen LogP contribution in [-0.4, -0.2) is 49.5 Å². The minimum atomic E-state index is 0.148. The Balaban J connectivity index is 1.79. The number of hydrogen-bond donors (Lipinski definition) is 1. The number of thioether (sulfide) groups is 1. The summed E-state index contributed by atoms with van der Waals surface area (Å²) < 4.78 is 2.78. The third-order valence-electron chi connectivity index (χ3n) is 4.02. The molecule has 8 heteroatoms. The molecular formula is C16H19BrN4O2S. The van der Waals surface area contributed by atoms with Gasteiger partial charge in [-0.25, -0.2) is 0 Å². The molecule has 1 aliphatic heterocycles. The lowest BCUT2D eigenvalue weighted by Crippen LogP contribution is -2.29. The van der Waals surface area contributed by atoms with Gasteiger partial charge in [0, 0.05) is 24.1 Å². The molecule has 1 saturated heterocycles. The van der Waals surface area contributed by atoms with Gasteiger partial charge in [0.05, 0.1) is 11.3 Å². The van der Waals surface area contributed by atoms with E-state index < -0.39 is 0 Å². The Kier molecular flexibility index (Phi) is 5.45. The lowest BCUT2D eigenvalue weighted by atomic mass is 10.2. The fourth-order valence-electron chi connectivity index (χ4n) is 2.75. The van der Waals surface area contributed by atoms with Crippen molar-refractivity contribution in [2.75, 3.05) is 18.8 Å². The van der Waals surface area contributed by atoms with E-state index in [2.05, 4.69) is 26.1 Å². The maximum absolute atomic E-state index is 12.2. The van der Waals surface area contributed by atoms with Crippen molar-refractivity contribution in [3.05, 3.63) is 22.7 Å². The number of carbonyl (C=O) groups excluding carboxylic acids is 1. The van der Waals surface area contributed by atoms with Crippen LogP contribution in [0.1, 0.15) is 19.8 Å². The van der Waals surface area contributed by atoms with E-state index in [4.69, 9.17) is 0 Å². The molecule has 1 N–H and O–H groups in total. The number of halogens is 1. The van der Waals surface area contributed by atoms with Gasteiger partial charge in [0.1, 0.15) is 5.75 Å². The highest BCUT2D eigenvalue weighted by Crippen LogP contribution is 2.32. The Hall–Kier alpha value is -1.54. The van der Waals surface area contributed by atoms with Crippen LogP contribution in [-0.2, 0) is 11.3 Å². The van der Waals surface area contributed by atoms with Crippen LogP contribution in [0.5, 0.6) is 5.75 Å². The predicted octanol–water partition coefficient (Wildman–Crippen LogP) is 3.15. The molecule has 6 nitrogen and oxygen atoms in total. The monoisotopic (exact) mass is 410 g/mol. The molecule has 0 aliphatic carbocycles. The molecule has 0 spiro atoms. The van der Waals surface area contributed by atoms with E-state index in [1.54, 1.807) is 12.1 Å². The fraction of sp³-hybridized carbons (Fsp3) is 0.438. The van der Waals surface area contributed by atoms with E-state index in [1.807, 2.05) is 22.5 Å². The van der Waals surface area contributed by atoms with Gasteiger partial charge in [0.2, 0.25) is 5.91 Å². The molecule has 1 aliphatic rings. The van der Waals surface area contributed by atoms with Crippen molar-refractivity contribution in [1.29, 1.82) is 0 Å². The summed E-state index contributed by atoms with van der Waals surface area (Å²) in [6.07, 6.45) is 2.18. The average Bonchev–Trinajstić information content (AvgIpc) is 3.24. The van der Waals surface area contributed by atoms with Crippen molar-refractivity contribution in [3.63, 3.8) is 0 Å². The first-order valence-electron chi connectivity index (χ1n) is 7.92. The molecule has 1 amide bonds. The summed E-state index contributed by atoms with van der Waals surface area (Å²) in [6, 6.07) is 5.21. The molecule has 0 radical (unpaired) electrons. The second-order valence-electron chi connectivity index (χ2n) is 5.59. The summed E-state index contributed by atoms with van der Waals surface area (Å²) in [5, 5.41) is 19.2. The van der Waals surface area contributed by atoms with Crippen LogP contribution < -0.4 is 0 Å². The number of amides is 1. The molecule has 2 aromatic rings. The van der Waals surface area contributed by atoms with E-state index in [-0.39, 0.29) is 11.7 Å². The zero-order valence-electron chi connectivity index (χ0n) is 13.4. The number of nitrogens with zero attached hydrogens (tertiary/aromatic N) is 4. The minimum absolute atomic E-state index is 0.148. The largest absolute Gasteiger partial charge is 0.507 e. The second-order valence-corrected chi connectivity index (χ2v) is 7.45. The van der Waals surface area contributed by atoms with E-state index in [0.717, 1.165) is 30.4 Å². The summed E-state index contributed by atoms with van der Waals surface area (Å²) in [7, 11) is 0. The lowest BCUT2D eigenvalue weighted by molar-refractivity contribution is -0.127. The predicted molar refractivity (Wildman–Crippen MR) is 97.0 cm³/mol. The number of phenols is 1. The van der Waals surface area contributed by atoms with Crippen LogP contribution in [0.2, 0.25) is 0 Å². The maximum Gasteiger partial charge on any atom is 0.233 e. The van der Waals surface area contributed by atoms with Gasteiger partial charge in [0.25, 0.3) is 0 Å². The molecule has 3 rings (SSSR count). The van der Waals surface area contributed by atoms with Crippen molar-refractivity contribution in [3.8, 4) is 17.1 Å². The van der Waals surface area contributed by atoms with Crippen molar-refractivity contribution in [1.82, 2.24) is 19.7 Å². The quantitative estimate of drug-likeness (QED) is 0.766. The highest BCUT2D eigenvalue weighted by Gasteiger charge is 2.21. The number of aromatic nitrogens is 3. The summed E-state index contributed by atoms with van der Waals surface area (Å²) >= 11 is 4.81. The average molecular weight is 411 g/mol. The number of carbonyl (C=O) groups is 1. The molecule has 0 bridgehead atoms. The van der Waals surface area contributed by atoms with Crippen LogP contribution in [0.3, 0.4) is 0 Å². The van der Waals surface area contributed by atoms with Crippen molar-refractivity contribution >= 4 is 33.6 Å². The molecule has 24 heavy (non-hydrogen) atoms. The number of hydrogen-bond acceptors (Lipinski definition) is 5. The van der Waals surface area contributed by atoms with E-state index >= 15 is 0 Å². The van der Waals surface area contributed by atoms with Crippen molar-refractivity contribution in [2.24, 2.45) is 0 Å². The van der Waals surface area contributed by atoms with E-state index in [9.17, 15) is 9.90 Å². The molecule has 0 unspecified atom stereocenters. The van der Waals surface area contributed by atoms with Gasteiger partial charge in [0.15, 0.2) is 11.0 Å². The first kappa shape index (κ1) is 17.3. The fourth-order valence-corrected chi connectivity index (χ4v) is 4.02. The molecular weight excluding hydrogens is 392 g/mol. The Morgan fingerprint density at radius 3 is 2.79 bits per heavy atom. The van der Waals surface area contributed by atoms with Gasteiger partial charge in [-0.1, -0.05) is 27.7 Å². The van der Waals surface area contributed by atoms with Crippen LogP contribution in [0.25, 0.3) is 11.4 Å². The lowest BCUT2D eigenvalue weighted by Gasteiger charge is -2.14. The van der Waals surface area contributed by atoms with E-state index in [0.29, 0.717) is 28.8 Å². The highest BCUT2D eigenvalue weighted by atomic mass is 79.9. The van der Waals surface area contributed by atoms with Gasteiger partial charge >= 0.3 is 0 Å². The standard InChI is InChI=1S/C16H19BrN4O2S/c1-2-21-15(12-9-11(17)5-6-13(12)22)18-19-16(21)24-10-14(23)20-7-3-4-8-20/h5-6,9,22H,2-4,7-8,10H2,1H3. The molecule has 0 atom stereocenters. The van der Waals surface area contributed by atoms with Gasteiger partial charge < -0.3 is 14.6 Å². The first-order valence-corrected chi connectivity index (χ1v) is 9.70. The Bertz CT molecular complexity index is 744. The molecule has 0 saturated carbocycles. The van der Waals surface area contributed by atoms with Gasteiger partial charge in [-0.05, 0) is 38.0 Å². The summed E-state index contributed by atoms with van der Waals surface area (Å²) in [4.78, 5) is 14.1. The third kappa shape index (κ3) is 3.59. The molecule has 1 aromatic heterocycles. The second kappa shape index (κ2) is 7.57. The van der Waals surface area contributed by atoms with Crippen LogP contribution in [0, 0.1) is 0 Å². The number of phenolic OH excluding ortho intramolecular Hbond substituents is 1. The van der Waals surface area contributed by atoms with Gasteiger partial charge in [-0.2, -0.15) is 0 Å². The molecule has 128 valence electrons. The Morgan fingerprint density at radius 2 is 2.08 bits per heavy atom. The van der Waals surface area contributed by atoms with E-state index in [1.165, 1.54) is 11.8 Å². The maximum atomic E-state index is 12.2. The molecule has 1 fully saturated rings. The normalized spacial score (nSPS) is 14.3. The van der Waals surface area contributed by atoms with Gasteiger partial charge in [-0.15, -0.1) is 10.2 Å². The van der Waals surface area contributed by atoms with Crippen molar-refractivity contribution in [2.45, 2.75) is 31.5 Å². The first-order chi connectivity index (χ1) is 11.6. The zero-order valence-corrected chi connectivity index (χ0v) is 15.8.